The van der Waals surface area contributed by atoms with Crippen LogP contribution in [0.15, 0.2) is 24.3 Å². The van der Waals surface area contributed by atoms with Gasteiger partial charge in [-0.3, -0.25) is 9.78 Å². The Labute approximate surface area is 111 Å². The number of hydrogen-bond donors (Lipinski definition) is 0. The van der Waals surface area contributed by atoms with Crippen molar-refractivity contribution < 1.29 is 22.4 Å². The lowest BCUT2D eigenvalue weighted by molar-refractivity contribution is -0.174. The van der Waals surface area contributed by atoms with Crippen molar-refractivity contribution in [2.75, 3.05) is 0 Å². The molecule has 0 aliphatic heterocycles. The Morgan fingerprint density at radius 3 is 2.60 bits per heavy atom. The fraction of sp³-hybridized carbons (Fsp3) is 0.286. The van der Waals surface area contributed by atoms with Gasteiger partial charge in [0.05, 0.1) is 17.1 Å². The van der Waals surface area contributed by atoms with Crippen LogP contribution in [0.4, 0.5) is 17.6 Å². The maximum atomic E-state index is 13.1. The van der Waals surface area contributed by atoms with Crippen LogP contribution in [0.3, 0.4) is 0 Å². The van der Waals surface area contributed by atoms with Gasteiger partial charge in [-0.25, -0.2) is 4.39 Å². The first-order valence-corrected chi connectivity index (χ1v) is 6.03. The number of hydrogen-bond acceptors (Lipinski definition) is 2. The summed E-state index contributed by atoms with van der Waals surface area (Å²) in [6.45, 7) is 0. The fourth-order valence-corrected chi connectivity index (χ4v) is 2.46. The predicted molar refractivity (Wildman–Crippen MR) is 63.9 cm³/mol. The molecule has 0 bridgehead atoms. The third kappa shape index (κ3) is 2.15. The monoisotopic (exact) mass is 283 g/mol. The number of Topliss-reactive ketones (excluding diaryl/α,β-unsaturated/α-hetero) is 1. The number of pyridine rings is 1. The molecule has 2 aromatic rings. The van der Waals surface area contributed by atoms with Crippen LogP contribution in [0.2, 0.25) is 0 Å². The number of rotatable bonds is 0. The van der Waals surface area contributed by atoms with E-state index in [1.165, 1.54) is 24.3 Å². The fourth-order valence-electron chi connectivity index (χ4n) is 2.46. The summed E-state index contributed by atoms with van der Waals surface area (Å²) in [4.78, 5) is 15.9. The standard InChI is InChI=1S/C14H9F4NO/c15-9-1-2-11-7(3-9)4-10-12(19-11)5-8(6-13(10)20)14(16,17)18/h1-4,8H,5-6H2. The van der Waals surface area contributed by atoms with Crippen LogP contribution in [-0.2, 0) is 6.42 Å². The molecule has 20 heavy (non-hydrogen) atoms. The molecule has 1 aromatic heterocycles. The molecule has 3 rings (SSSR count). The molecule has 1 unspecified atom stereocenters. The molecule has 104 valence electrons. The zero-order valence-electron chi connectivity index (χ0n) is 10.2. The van der Waals surface area contributed by atoms with Crippen molar-refractivity contribution in [2.24, 2.45) is 5.92 Å². The molecule has 1 atom stereocenters. The normalized spacial score (nSPS) is 19.2. The molecule has 0 fully saturated rings. The number of carbonyl (C=O) groups is 1. The molecule has 1 heterocycles. The maximum absolute atomic E-state index is 13.1. The number of fused-ring (bicyclic) bond motifs is 2. The van der Waals surface area contributed by atoms with E-state index in [-0.39, 0.29) is 17.7 Å². The van der Waals surface area contributed by atoms with Gasteiger partial charge in [0.25, 0.3) is 0 Å². The van der Waals surface area contributed by atoms with E-state index in [0.717, 1.165) is 0 Å². The van der Waals surface area contributed by atoms with Crippen molar-refractivity contribution in [3.05, 3.63) is 41.3 Å². The highest BCUT2D eigenvalue weighted by Gasteiger charge is 2.44. The number of ketones is 1. The summed E-state index contributed by atoms with van der Waals surface area (Å²) >= 11 is 0. The van der Waals surface area contributed by atoms with Crippen molar-refractivity contribution in [2.45, 2.75) is 19.0 Å². The summed E-state index contributed by atoms with van der Waals surface area (Å²) in [6, 6.07) is 5.22. The van der Waals surface area contributed by atoms with Crippen LogP contribution in [0.1, 0.15) is 22.5 Å². The van der Waals surface area contributed by atoms with E-state index in [4.69, 9.17) is 0 Å². The molecule has 1 aliphatic carbocycles. The first-order chi connectivity index (χ1) is 9.34. The van der Waals surface area contributed by atoms with E-state index in [1.54, 1.807) is 0 Å². The topological polar surface area (TPSA) is 30.0 Å². The van der Waals surface area contributed by atoms with Crippen LogP contribution >= 0.6 is 0 Å². The van der Waals surface area contributed by atoms with Gasteiger partial charge in [0.2, 0.25) is 0 Å². The van der Waals surface area contributed by atoms with Gasteiger partial charge >= 0.3 is 6.18 Å². The van der Waals surface area contributed by atoms with E-state index >= 15 is 0 Å². The molecule has 1 aromatic carbocycles. The number of benzene rings is 1. The first kappa shape index (κ1) is 13.0. The van der Waals surface area contributed by atoms with Crippen LogP contribution in [0.5, 0.6) is 0 Å². The SMILES string of the molecule is O=C1CC(C(F)(F)F)Cc2nc3ccc(F)cc3cc21. The minimum atomic E-state index is -4.41. The zero-order chi connectivity index (χ0) is 14.5. The van der Waals surface area contributed by atoms with Gasteiger partial charge in [0, 0.05) is 23.8 Å². The molecular weight excluding hydrogens is 274 g/mol. The molecule has 2 nitrogen and oxygen atoms in total. The number of nitrogens with zero attached hydrogens (tertiary/aromatic N) is 1. The average molecular weight is 283 g/mol. The molecule has 0 amide bonds. The number of alkyl halides is 3. The van der Waals surface area contributed by atoms with Crippen molar-refractivity contribution >= 4 is 16.7 Å². The number of aromatic nitrogens is 1. The molecular formula is C14H9F4NO. The number of halogens is 4. The Morgan fingerprint density at radius 2 is 1.90 bits per heavy atom. The van der Waals surface area contributed by atoms with Gasteiger partial charge in [-0.15, -0.1) is 0 Å². The van der Waals surface area contributed by atoms with Gasteiger partial charge < -0.3 is 0 Å². The Morgan fingerprint density at radius 1 is 1.15 bits per heavy atom. The van der Waals surface area contributed by atoms with Gasteiger partial charge in [-0.1, -0.05) is 0 Å². The summed E-state index contributed by atoms with van der Waals surface area (Å²) in [7, 11) is 0. The van der Waals surface area contributed by atoms with Gasteiger partial charge in [0.15, 0.2) is 5.78 Å². The lowest BCUT2D eigenvalue weighted by atomic mass is 9.85. The molecule has 1 aliphatic rings. The molecule has 0 radical (unpaired) electrons. The summed E-state index contributed by atoms with van der Waals surface area (Å²) < 4.78 is 51.4. The Bertz CT molecular complexity index is 708. The Hall–Kier alpha value is -1.98. The van der Waals surface area contributed by atoms with Crippen molar-refractivity contribution in [1.82, 2.24) is 4.98 Å². The second kappa shape index (κ2) is 4.26. The minimum Gasteiger partial charge on any atom is -0.294 e. The average Bonchev–Trinajstić information content (AvgIpc) is 2.36. The minimum absolute atomic E-state index is 0.141. The van der Waals surface area contributed by atoms with E-state index in [1.807, 2.05) is 0 Å². The van der Waals surface area contributed by atoms with E-state index in [9.17, 15) is 22.4 Å². The van der Waals surface area contributed by atoms with Gasteiger partial charge in [-0.05, 0) is 24.3 Å². The highest BCUT2D eigenvalue weighted by Crippen LogP contribution is 2.37. The van der Waals surface area contributed by atoms with Crippen LogP contribution in [0, 0.1) is 11.7 Å². The molecule has 0 spiro atoms. The summed E-state index contributed by atoms with van der Waals surface area (Å²) in [5, 5.41) is 0.419. The highest BCUT2D eigenvalue weighted by molar-refractivity contribution is 6.01. The third-order valence-electron chi connectivity index (χ3n) is 3.49. The third-order valence-corrected chi connectivity index (χ3v) is 3.49. The highest BCUT2D eigenvalue weighted by atomic mass is 19.4. The van der Waals surface area contributed by atoms with Crippen molar-refractivity contribution in [3.8, 4) is 0 Å². The zero-order valence-corrected chi connectivity index (χ0v) is 10.2. The largest absolute Gasteiger partial charge is 0.392 e. The lowest BCUT2D eigenvalue weighted by Crippen LogP contribution is -2.32. The molecule has 6 heteroatoms. The van der Waals surface area contributed by atoms with E-state index in [2.05, 4.69) is 4.98 Å². The van der Waals surface area contributed by atoms with Crippen molar-refractivity contribution in [3.63, 3.8) is 0 Å². The second-order valence-corrected chi connectivity index (χ2v) is 4.89. The van der Waals surface area contributed by atoms with Crippen LogP contribution in [-0.4, -0.2) is 16.9 Å². The maximum Gasteiger partial charge on any atom is 0.392 e. The Kier molecular flexibility index (Phi) is 2.77. The summed E-state index contributed by atoms with van der Waals surface area (Å²) in [5.41, 5.74) is 0.701. The quantitative estimate of drug-likeness (QED) is 0.690. The molecule has 0 N–H and O–H groups in total. The Balaban J connectivity index is 2.12. The molecule has 0 saturated carbocycles. The smallest absolute Gasteiger partial charge is 0.294 e. The number of carbonyl (C=O) groups excluding carboxylic acids is 1. The first-order valence-electron chi connectivity index (χ1n) is 6.03. The summed E-state index contributed by atoms with van der Waals surface area (Å²) in [5.74, 6) is -2.75. The van der Waals surface area contributed by atoms with Gasteiger partial charge in [0.1, 0.15) is 5.82 Å². The van der Waals surface area contributed by atoms with E-state index < -0.39 is 30.1 Å². The van der Waals surface area contributed by atoms with Crippen LogP contribution in [0.25, 0.3) is 10.9 Å². The lowest BCUT2D eigenvalue weighted by Gasteiger charge is -2.25. The second-order valence-electron chi connectivity index (χ2n) is 4.89. The predicted octanol–water partition coefficient (Wildman–Crippen LogP) is 3.68. The van der Waals surface area contributed by atoms with Gasteiger partial charge in [-0.2, -0.15) is 13.2 Å². The van der Waals surface area contributed by atoms with E-state index in [0.29, 0.717) is 10.9 Å². The van der Waals surface area contributed by atoms with Crippen LogP contribution < -0.4 is 0 Å². The van der Waals surface area contributed by atoms with Crippen molar-refractivity contribution in [1.29, 1.82) is 0 Å². The summed E-state index contributed by atoms with van der Waals surface area (Å²) in [6.07, 6.45) is -5.29. The molecule has 0 saturated heterocycles.